The summed E-state index contributed by atoms with van der Waals surface area (Å²) in [6.45, 7) is -0.102. The maximum atomic E-state index is 12.0. The molecule has 90 valence electrons. The van der Waals surface area contributed by atoms with Gasteiger partial charge in [-0.2, -0.15) is 0 Å². The zero-order valence-corrected chi connectivity index (χ0v) is 13.8. The molecule has 0 amide bonds. The van der Waals surface area contributed by atoms with Crippen LogP contribution in [0.4, 0.5) is 12.9 Å². The number of benzene rings is 1. The molecule has 0 saturated carbocycles. The van der Waals surface area contributed by atoms with Gasteiger partial charge in [-0.15, -0.1) is 0 Å². The molecule has 0 atom stereocenters. The van der Waals surface area contributed by atoms with Gasteiger partial charge in [0.25, 0.3) is 0 Å². The molecule has 0 bridgehead atoms. The van der Waals surface area contributed by atoms with Crippen LogP contribution in [0.15, 0.2) is 18.2 Å². The fraction of sp³-hybridized carbons (Fsp3) is 0.455. The van der Waals surface area contributed by atoms with E-state index in [0.717, 1.165) is 11.1 Å². The first-order valence-corrected chi connectivity index (χ1v) is 5.24. The van der Waals surface area contributed by atoms with Crippen molar-refractivity contribution >= 4 is 6.98 Å². The van der Waals surface area contributed by atoms with Crippen LogP contribution in [0, 0.1) is 6.92 Å². The average Bonchev–Trinajstić information content (AvgIpc) is 2.13. The predicted octanol–water partition coefficient (Wildman–Crippen LogP) is 0.888. The van der Waals surface area contributed by atoms with E-state index in [1.54, 1.807) is 12.1 Å². The third-order valence-electron chi connectivity index (χ3n) is 2.30. The van der Waals surface area contributed by atoms with Crippen molar-refractivity contribution in [3.63, 3.8) is 0 Å². The van der Waals surface area contributed by atoms with Crippen LogP contribution in [0.5, 0.6) is 5.75 Å². The first-order valence-electron chi connectivity index (χ1n) is 5.24. The fourth-order valence-electron chi connectivity index (χ4n) is 1.58. The van der Waals surface area contributed by atoms with E-state index in [1.165, 1.54) is 0 Å². The number of rotatable bonds is 4. The summed E-state index contributed by atoms with van der Waals surface area (Å²) < 4.78 is 40.6. The van der Waals surface area contributed by atoms with Crippen LogP contribution in [0.25, 0.3) is 0 Å². The van der Waals surface area contributed by atoms with Crippen molar-refractivity contribution in [2.75, 3.05) is 6.51 Å². The maximum Gasteiger partial charge on any atom is 1.00 e. The van der Waals surface area contributed by atoms with E-state index in [4.69, 9.17) is 0 Å². The minimum absolute atomic E-state index is 0. The summed E-state index contributed by atoms with van der Waals surface area (Å²) in [5, 5.41) is 0. The molecular formula is C11H15BF3KO. The molecular weight excluding hydrogens is 255 g/mol. The third kappa shape index (κ3) is 6.29. The molecule has 0 radical (unpaired) electrons. The van der Waals surface area contributed by atoms with Gasteiger partial charge in [0.15, 0.2) is 0 Å². The molecule has 6 heteroatoms. The van der Waals surface area contributed by atoms with Gasteiger partial charge in [0, 0.05) is 0 Å². The molecule has 1 nitrogen and oxygen atoms in total. The van der Waals surface area contributed by atoms with Gasteiger partial charge in [-0.25, -0.2) is 0 Å². The summed E-state index contributed by atoms with van der Waals surface area (Å²) in [6.07, 6.45) is 0. The molecule has 0 spiro atoms. The molecule has 0 heterocycles. The maximum absolute atomic E-state index is 12.0. The smallest absolute Gasteiger partial charge is 0.522 e. The number of hydrogen-bond acceptors (Lipinski definition) is 1. The first kappa shape index (κ1) is 17.5. The van der Waals surface area contributed by atoms with E-state index in [1.807, 2.05) is 26.8 Å². The van der Waals surface area contributed by atoms with Crippen molar-refractivity contribution in [2.45, 2.75) is 26.7 Å². The zero-order valence-electron chi connectivity index (χ0n) is 10.6. The van der Waals surface area contributed by atoms with Gasteiger partial charge < -0.3 is 17.7 Å². The largest absolute Gasteiger partial charge is 1.00 e. The fourth-order valence-corrected chi connectivity index (χ4v) is 1.58. The number of aryl methyl sites for hydroxylation is 1. The van der Waals surface area contributed by atoms with Crippen LogP contribution in [0.3, 0.4) is 0 Å². The minimum Gasteiger partial charge on any atom is -0.522 e. The molecule has 0 fully saturated rings. The van der Waals surface area contributed by atoms with Crippen LogP contribution >= 0.6 is 0 Å². The molecule has 0 aliphatic heterocycles. The second kappa shape index (κ2) is 7.19. The molecule has 0 unspecified atom stereocenters. The Morgan fingerprint density at radius 1 is 1.24 bits per heavy atom. The number of ether oxygens (including phenoxy) is 1. The Bertz CT molecular complexity index is 366. The predicted molar refractivity (Wildman–Crippen MR) is 59.8 cm³/mol. The molecule has 1 aromatic rings. The second-order valence-electron chi connectivity index (χ2n) is 4.19. The van der Waals surface area contributed by atoms with E-state index >= 15 is 0 Å². The first-order chi connectivity index (χ1) is 7.29. The molecule has 0 saturated heterocycles. The molecule has 0 N–H and O–H groups in total. The van der Waals surface area contributed by atoms with Crippen molar-refractivity contribution in [1.82, 2.24) is 0 Å². The van der Waals surface area contributed by atoms with Crippen molar-refractivity contribution in [1.29, 1.82) is 0 Å². The van der Waals surface area contributed by atoms with Gasteiger partial charge in [-0.1, -0.05) is 19.9 Å². The number of hydrogen-bond donors (Lipinski definition) is 0. The molecule has 0 aliphatic carbocycles. The van der Waals surface area contributed by atoms with E-state index in [-0.39, 0.29) is 57.1 Å². The van der Waals surface area contributed by atoms with Crippen LogP contribution in [0.1, 0.15) is 30.9 Å². The van der Waals surface area contributed by atoms with Gasteiger partial charge in [0.1, 0.15) is 5.75 Å². The van der Waals surface area contributed by atoms with Gasteiger partial charge >= 0.3 is 58.4 Å². The molecule has 0 aromatic heterocycles. The normalized spacial score (nSPS) is 11.2. The van der Waals surface area contributed by atoms with Crippen molar-refractivity contribution in [3.05, 3.63) is 29.3 Å². The molecule has 17 heavy (non-hydrogen) atoms. The Hall–Kier alpha value is 0.511. The van der Waals surface area contributed by atoms with E-state index in [9.17, 15) is 12.9 Å². The minimum atomic E-state index is -4.88. The topological polar surface area (TPSA) is 9.23 Å². The molecule has 1 rings (SSSR count). The average molecular weight is 270 g/mol. The van der Waals surface area contributed by atoms with Crippen LogP contribution in [0.2, 0.25) is 0 Å². The Morgan fingerprint density at radius 2 is 1.82 bits per heavy atom. The number of halogens is 3. The zero-order chi connectivity index (χ0) is 12.3. The summed E-state index contributed by atoms with van der Waals surface area (Å²) >= 11 is 0. The monoisotopic (exact) mass is 270 g/mol. The van der Waals surface area contributed by atoms with Crippen molar-refractivity contribution < 1.29 is 69.1 Å². The second-order valence-corrected chi connectivity index (χ2v) is 4.19. The van der Waals surface area contributed by atoms with Crippen molar-refractivity contribution in [3.8, 4) is 5.75 Å². The summed E-state index contributed by atoms with van der Waals surface area (Å²) in [7, 11) is 0. The summed E-state index contributed by atoms with van der Waals surface area (Å²) in [5.41, 5.74) is 2.09. The summed E-state index contributed by atoms with van der Waals surface area (Å²) in [5.74, 6) is 0.641. The summed E-state index contributed by atoms with van der Waals surface area (Å²) in [4.78, 5) is 0. The van der Waals surface area contributed by atoms with Crippen LogP contribution in [-0.2, 0) is 0 Å². The van der Waals surface area contributed by atoms with E-state index in [2.05, 4.69) is 4.74 Å². The van der Waals surface area contributed by atoms with Crippen molar-refractivity contribution in [2.24, 2.45) is 0 Å². The van der Waals surface area contributed by atoms with Crippen LogP contribution < -0.4 is 56.1 Å². The van der Waals surface area contributed by atoms with Gasteiger partial charge in [-0.3, -0.25) is 0 Å². The van der Waals surface area contributed by atoms with Gasteiger partial charge in [0.05, 0.1) is 6.51 Å². The Labute approximate surface area is 143 Å². The Morgan fingerprint density at radius 3 is 2.24 bits per heavy atom. The Balaban J connectivity index is 0.00000256. The van der Waals surface area contributed by atoms with E-state index < -0.39 is 13.5 Å². The summed E-state index contributed by atoms with van der Waals surface area (Å²) in [6, 6.07) is 5.06. The SMILES string of the molecule is Cc1cc(OC[B-](F)(F)F)ccc1C(C)C.[K+]. The van der Waals surface area contributed by atoms with Gasteiger partial charge in [-0.05, 0) is 36.1 Å². The van der Waals surface area contributed by atoms with E-state index in [0.29, 0.717) is 5.92 Å². The quantitative estimate of drug-likeness (QED) is 0.738. The van der Waals surface area contributed by atoms with Gasteiger partial charge in [0.2, 0.25) is 0 Å². The Kier molecular flexibility index (Phi) is 7.40. The molecule has 0 aliphatic rings. The molecule has 1 aromatic carbocycles. The third-order valence-corrected chi connectivity index (χ3v) is 2.30. The van der Waals surface area contributed by atoms with Crippen LogP contribution in [-0.4, -0.2) is 13.5 Å². The standard InChI is InChI=1S/C11H15BF3O.K/c1-8(2)11-5-4-10(6-9(11)3)16-7-12(13,14)15;/h4-6,8H,7H2,1-3H3;/q-1;+1.